The van der Waals surface area contributed by atoms with Gasteiger partial charge < -0.3 is 9.47 Å². The lowest BCUT2D eigenvalue weighted by molar-refractivity contribution is -0.162. The lowest BCUT2D eigenvalue weighted by atomic mass is 9.79. The quantitative estimate of drug-likeness (QED) is 0.390. The number of alkyl halides is 1. The Balaban J connectivity index is 2.44. The average Bonchev–Trinajstić information content (AvgIpc) is 2.48. The summed E-state index contributed by atoms with van der Waals surface area (Å²) in [5, 5.41) is 0. The molecule has 0 saturated heterocycles. The molecule has 1 aliphatic rings. The number of esters is 2. The number of rotatable bonds is 8. The second-order valence-electron chi connectivity index (χ2n) is 6.06. The zero-order valence-corrected chi connectivity index (χ0v) is 13.9. The largest absolute Gasteiger partial charge is 0.465 e. The molecule has 1 rings (SSSR count). The van der Waals surface area contributed by atoms with Crippen LogP contribution in [0.25, 0.3) is 0 Å². The highest BCUT2D eigenvalue weighted by Crippen LogP contribution is 2.32. The minimum absolute atomic E-state index is 0.201. The molecule has 0 N–H and O–H groups in total. The van der Waals surface area contributed by atoms with Crippen LogP contribution in [0.2, 0.25) is 0 Å². The maximum atomic E-state index is 12.2. The van der Waals surface area contributed by atoms with Gasteiger partial charge in [0.2, 0.25) is 0 Å². The van der Waals surface area contributed by atoms with Gasteiger partial charge in [-0.15, -0.1) is 11.6 Å². The molecule has 0 radical (unpaired) electrons. The van der Waals surface area contributed by atoms with Gasteiger partial charge in [0, 0.05) is 0 Å². The molecule has 2 unspecified atom stereocenters. The molecule has 0 aromatic heterocycles. The lowest BCUT2D eigenvalue weighted by Crippen LogP contribution is -2.35. The SMILES string of the molecule is CC(C)CCCOC(=O)C1CCCCC1C(=O)OCCCl. The van der Waals surface area contributed by atoms with E-state index in [0.717, 1.165) is 25.7 Å². The molecule has 0 spiro atoms. The highest BCUT2D eigenvalue weighted by Gasteiger charge is 2.37. The van der Waals surface area contributed by atoms with Gasteiger partial charge in [0.25, 0.3) is 0 Å². The van der Waals surface area contributed by atoms with Gasteiger partial charge >= 0.3 is 11.9 Å². The molecule has 1 saturated carbocycles. The van der Waals surface area contributed by atoms with Crippen molar-refractivity contribution in [3.05, 3.63) is 0 Å². The van der Waals surface area contributed by atoms with E-state index in [1.807, 2.05) is 0 Å². The summed E-state index contributed by atoms with van der Waals surface area (Å²) in [6, 6.07) is 0. The summed E-state index contributed by atoms with van der Waals surface area (Å²) in [4.78, 5) is 24.2. The molecule has 2 atom stereocenters. The molecule has 0 aliphatic heterocycles. The average molecular weight is 319 g/mol. The predicted octanol–water partition coefficient (Wildman–Crippen LogP) is 3.55. The van der Waals surface area contributed by atoms with Gasteiger partial charge in [-0.25, -0.2) is 0 Å². The number of halogens is 1. The third kappa shape index (κ3) is 6.68. The van der Waals surface area contributed by atoms with E-state index in [-0.39, 0.29) is 36.3 Å². The van der Waals surface area contributed by atoms with Gasteiger partial charge in [-0.1, -0.05) is 26.7 Å². The smallest absolute Gasteiger partial charge is 0.309 e. The standard InChI is InChI=1S/C16H27ClO4/c1-12(2)6-5-10-20-15(18)13-7-3-4-8-14(13)16(19)21-11-9-17/h12-14H,3-11H2,1-2H3. The molecule has 122 valence electrons. The van der Waals surface area contributed by atoms with E-state index in [0.29, 0.717) is 25.4 Å². The predicted molar refractivity (Wildman–Crippen MR) is 82.2 cm³/mol. The first-order valence-corrected chi connectivity index (χ1v) is 8.49. The van der Waals surface area contributed by atoms with Crippen LogP contribution >= 0.6 is 11.6 Å². The van der Waals surface area contributed by atoms with Crippen LogP contribution in [0.4, 0.5) is 0 Å². The number of hydrogen-bond acceptors (Lipinski definition) is 4. The summed E-state index contributed by atoms with van der Waals surface area (Å²) in [7, 11) is 0. The molecule has 21 heavy (non-hydrogen) atoms. The van der Waals surface area contributed by atoms with Crippen LogP contribution in [-0.4, -0.2) is 31.0 Å². The first kappa shape index (κ1) is 18.3. The van der Waals surface area contributed by atoms with Crippen LogP contribution < -0.4 is 0 Å². The van der Waals surface area contributed by atoms with Crippen molar-refractivity contribution in [1.29, 1.82) is 0 Å². The van der Waals surface area contributed by atoms with Crippen LogP contribution in [0, 0.1) is 17.8 Å². The fourth-order valence-electron chi connectivity index (χ4n) is 2.71. The van der Waals surface area contributed by atoms with E-state index in [4.69, 9.17) is 21.1 Å². The zero-order chi connectivity index (χ0) is 15.7. The van der Waals surface area contributed by atoms with Crippen molar-refractivity contribution >= 4 is 23.5 Å². The van der Waals surface area contributed by atoms with Crippen molar-refractivity contribution < 1.29 is 19.1 Å². The fraction of sp³-hybridized carbons (Fsp3) is 0.875. The number of hydrogen-bond donors (Lipinski definition) is 0. The Labute approximate surface area is 132 Å². The van der Waals surface area contributed by atoms with Crippen LogP contribution in [0.15, 0.2) is 0 Å². The molecular formula is C16H27ClO4. The Bertz CT molecular complexity index is 330. The Morgan fingerprint density at radius 2 is 1.57 bits per heavy atom. The fourth-order valence-corrected chi connectivity index (χ4v) is 2.79. The lowest BCUT2D eigenvalue weighted by Gasteiger charge is -2.28. The molecule has 0 aromatic carbocycles. The molecule has 0 amide bonds. The number of carbonyl (C=O) groups is 2. The Hall–Kier alpha value is -0.770. The third-order valence-corrected chi connectivity index (χ3v) is 4.02. The normalized spacial score (nSPS) is 22.1. The van der Waals surface area contributed by atoms with E-state index in [1.165, 1.54) is 0 Å². The molecule has 0 bridgehead atoms. The van der Waals surface area contributed by atoms with E-state index in [9.17, 15) is 9.59 Å². The third-order valence-electron chi connectivity index (χ3n) is 3.86. The summed E-state index contributed by atoms with van der Waals surface area (Å²) < 4.78 is 10.4. The van der Waals surface area contributed by atoms with Crippen molar-refractivity contribution in [2.24, 2.45) is 17.8 Å². The number of carbonyl (C=O) groups excluding carboxylic acids is 2. The van der Waals surface area contributed by atoms with E-state index in [1.54, 1.807) is 0 Å². The molecule has 4 nitrogen and oxygen atoms in total. The van der Waals surface area contributed by atoms with E-state index in [2.05, 4.69) is 13.8 Å². The van der Waals surface area contributed by atoms with Crippen molar-refractivity contribution in [3.8, 4) is 0 Å². The molecule has 5 heteroatoms. The second-order valence-corrected chi connectivity index (χ2v) is 6.44. The summed E-state index contributed by atoms with van der Waals surface area (Å²) in [5.41, 5.74) is 0. The van der Waals surface area contributed by atoms with E-state index >= 15 is 0 Å². The first-order chi connectivity index (χ1) is 10.1. The van der Waals surface area contributed by atoms with Gasteiger partial charge in [-0.3, -0.25) is 9.59 Å². The Morgan fingerprint density at radius 1 is 1.05 bits per heavy atom. The molecule has 0 aromatic rings. The van der Waals surface area contributed by atoms with Crippen LogP contribution in [-0.2, 0) is 19.1 Å². The van der Waals surface area contributed by atoms with Gasteiger partial charge in [-0.2, -0.15) is 0 Å². The topological polar surface area (TPSA) is 52.6 Å². The monoisotopic (exact) mass is 318 g/mol. The Kier molecular flexibility index (Phi) is 8.74. The van der Waals surface area contributed by atoms with Crippen molar-refractivity contribution in [2.75, 3.05) is 19.1 Å². The summed E-state index contributed by atoms with van der Waals surface area (Å²) in [6.45, 7) is 4.93. The number of ether oxygens (including phenoxy) is 2. The maximum absolute atomic E-state index is 12.2. The highest BCUT2D eigenvalue weighted by molar-refractivity contribution is 6.18. The molecule has 1 fully saturated rings. The maximum Gasteiger partial charge on any atom is 0.309 e. The van der Waals surface area contributed by atoms with Crippen LogP contribution in [0.5, 0.6) is 0 Å². The summed E-state index contributed by atoms with van der Waals surface area (Å²) in [5.74, 6) is -0.370. The van der Waals surface area contributed by atoms with Crippen molar-refractivity contribution in [2.45, 2.75) is 52.4 Å². The molecule has 0 heterocycles. The van der Waals surface area contributed by atoms with Crippen molar-refractivity contribution in [1.82, 2.24) is 0 Å². The van der Waals surface area contributed by atoms with Gasteiger partial charge in [0.15, 0.2) is 0 Å². The zero-order valence-electron chi connectivity index (χ0n) is 13.1. The van der Waals surface area contributed by atoms with E-state index < -0.39 is 0 Å². The first-order valence-electron chi connectivity index (χ1n) is 7.95. The van der Waals surface area contributed by atoms with Gasteiger partial charge in [-0.05, 0) is 31.6 Å². The van der Waals surface area contributed by atoms with Gasteiger partial charge in [0.1, 0.15) is 6.61 Å². The second kappa shape index (κ2) is 10.0. The van der Waals surface area contributed by atoms with Crippen molar-refractivity contribution in [3.63, 3.8) is 0 Å². The van der Waals surface area contributed by atoms with Gasteiger partial charge in [0.05, 0.1) is 24.3 Å². The minimum atomic E-state index is -0.362. The Morgan fingerprint density at radius 3 is 2.05 bits per heavy atom. The molecule has 1 aliphatic carbocycles. The summed E-state index contributed by atoms with van der Waals surface area (Å²) >= 11 is 5.52. The minimum Gasteiger partial charge on any atom is -0.465 e. The highest BCUT2D eigenvalue weighted by atomic mass is 35.5. The van der Waals surface area contributed by atoms with Crippen LogP contribution in [0.1, 0.15) is 52.4 Å². The summed E-state index contributed by atoms with van der Waals surface area (Å²) in [6.07, 6.45) is 5.25. The molecular weight excluding hydrogens is 292 g/mol. The van der Waals surface area contributed by atoms with Crippen LogP contribution in [0.3, 0.4) is 0 Å².